The Morgan fingerprint density at radius 2 is 0.556 bits per heavy atom. The number of rotatable bonds is 34. The Kier molecular flexibility index (Phi) is 42.5. The van der Waals surface area contributed by atoms with Gasteiger partial charge in [-0.1, -0.05) is 68.2 Å². The second-order valence-corrected chi connectivity index (χ2v) is 48.6. The summed E-state index contributed by atoms with van der Waals surface area (Å²) in [6.07, 6.45) is 0. The van der Waals surface area contributed by atoms with Crippen LogP contribution in [0.5, 0.6) is 46.0 Å². The maximum atomic E-state index is 13.4. The van der Waals surface area contributed by atoms with Gasteiger partial charge in [0.2, 0.25) is 17.5 Å². The lowest BCUT2D eigenvalue weighted by Gasteiger charge is -2.22. The molecule has 4 aromatic heterocycles. The largest absolute Gasteiger partial charge is 0.543 e. The van der Waals surface area contributed by atoms with E-state index < -0.39 is 24.9 Å². The van der Waals surface area contributed by atoms with E-state index in [2.05, 4.69) is 75.3 Å². The predicted molar refractivity (Wildman–Crippen MR) is 507 cm³/mol. The van der Waals surface area contributed by atoms with Gasteiger partial charge in [-0.2, -0.15) is 11.1 Å². The van der Waals surface area contributed by atoms with Crippen molar-refractivity contribution in [1.29, 1.82) is 0 Å². The zero-order valence-corrected chi connectivity index (χ0v) is 78.3. The molecule has 0 unspecified atom stereocenters. The minimum atomic E-state index is -1.84. The molecule has 0 fully saturated rings. The van der Waals surface area contributed by atoms with E-state index in [0.29, 0.717) is 181 Å². The number of phenols is 3. The molecule has 35 heteroatoms. The zero-order chi connectivity index (χ0) is 85.4. The highest BCUT2D eigenvalue weighted by Gasteiger charge is 2.24. The van der Waals surface area contributed by atoms with Gasteiger partial charge in [0.05, 0.1) is 53.6 Å². The van der Waals surface area contributed by atoms with E-state index in [1.54, 1.807) is 59.9 Å². The van der Waals surface area contributed by atoms with E-state index in [9.17, 15) is 34.5 Å². The van der Waals surface area contributed by atoms with Crippen molar-refractivity contribution in [3.8, 4) is 46.0 Å². The Morgan fingerprint density at radius 1 is 0.342 bits per heavy atom. The van der Waals surface area contributed by atoms with Crippen molar-refractivity contribution in [3.05, 3.63) is 186 Å². The van der Waals surface area contributed by atoms with Gasteiger partial charge in [0.1, 0.15) is 79.8 Å². The highest BCUT2D eigenvalue weighted by molar-refractivity contribution is 8.26. The van der Waals surface area contributed by atoms with E-state index in [0.717, 1.165) is 68.5 Å². The second kappa shape index (κ2) is 50.3. The molecule has 0 amide bonds. The molecule has 12 aromatic rings. The van der Waals surface area contributed by atoms with Crippen molar-refractivity contribution in [3.63, 3.8) is 0 Å². The van der Waals surface area contributed by atoms with Crippen LogP contribution in [0.3, 0.4) is 0 Å². The molecule has 0 bridgehead atoms. The standard InChI is InChI=1S/C22H27Cl2NO3SSi.2C19H19Cl2NO3S.C19H21NO5S.C3H9ClSi.Cl2OS/c1-30(2,3)28-18-9-8-17(27-15-14-25(12-10-23)13-11-24)20-21(26)16-6-4-5-7-19(16)29-22(18)20;2*20-7-9-22(10-8-21)11-12-25-15-6-5-14(23)19-17(15)18(24)13-3-1-2-4-16(13)26-19;21-10-7-20(8-11-22)9-12-25-15-6-5-14(23)19-17(15)18(24)13-3-1-2-4-16(13)26-19;1-5(2,3)4;1-4(2)3/h4-9H,10-15H2,1-3H3;2*1-6,23H,7-12H2;1-6,21-23H,7-12H2;1-3H3;. The Morgan fingerprint density at radius 3 is 0.795 bits per heavy atom. The summed E-state index contributed by atoms with van der Waals surface area (Å²) in [7, 11) is 4.38. The van der Waals surface area contributed by atoms with E-state index in [1.807, 2.05) is 95.9 Å². The van der Waals surface area contributed by atoms with Crippen LogP contribution in [0.25, 0.3) is 80.7 Å². The highest BCUT2D eigenvalue weighted by Crippen LogP contribution is 2.41. The summed E-state index contributed by atoms with van der Waals surface area (Å²) in [4.78, 5) is 60.4. The smallest absolute Gasteiger partial charge is 0.242 e. The van der Waals surface area contributed by atoms with Crippen LogP contribution >= 0.6 is 147 Å². The molecule has 0 spiro atoms. The van der Waals surface area contributed by atoms with Crippen molar-refractivity contribution in [1.82, 2.24) is 19.6 Å². The van der Waals surface area contributed by atoms with Gasteiger partial charge in [-0.3, -0.25) is 38.8 Å². The van der Waals surface area contributed by atoms with Crippen molar-refractivity contribution >= 4 is 253 Å². The number of benzene rings is 8. The molecule has 0 aliphatic carbocycles. The zero-order valence-electron chi connectivity index (χ0n) is 65.4. The van der Waals surface area contributed by atoms with Crippen molar-refractivity contribution in [2.24, 2.45) is 0 Å². The number of phenolic OH excluding ortho intramolecular Hbond substituents is 3. The lowest BCUT2D eigenvalue weighted by Crippen LogP contribution is -2.33. The molecule has 634 valence electrons. The van der Waals surface area contributed by atoms with E-state index in [4.69, 9.17) is 118 Å². The van der Waals surface area contributed by atoms with Crippen LogP contribution in [0, 0.1) is 0 Å². The molecule has 0 saturated carbocycles. The summed E-state index contributed by atoms with van der Waals surface area (Å²) >= 11 is 46.4. The van der Waals surface area contributed by atoms with E-state index >= 15 is 0 Å². The predicted octanol–water partition coefficient (Wildman–Crippen LogP) is 19.2. The Bertz CT molecular complexity index is 5070. The van der Waals surface area contributed by atoms with Crippen molar-refractivity contribution in [2.75, 3.05) is 153 Å². The first-order valence-corrected chi connectivity index (χ1v) is 54.3. The van der Waals surface area contributed by atoms with Gasteiger partial charge in [0.25, 0.3) is 0 Å². The maximum absolute atomic E-state index is 13.4. The van der Waals surface area contributed by atoms with Crippen LogP contribution < -0.4 is 45.1 Å². The number of aliphatic hydroxyl groups is 2. The number of aliphatic hydroxyl groups excluding tert-OH is 2. The molecule has 4 heterocycles. The summed E-state index contributed by atoms with van der Waals surface area (Å²) < 4.78 is 45.0. The fourth-order valence-electron chi connectivity index (χ4n) is 11.8. The minimum Gasteiger partial charge on any atom is -0.543 e. The number of fused-ring (bicyclic) bond motifs is 8. The summed E-state index contributed by atoms with van der Waals surface area (Å²) in [6, 6.07) is 43.1. The summed E-state index contributed by atoms with van der Waals surface area (Å²) in [5.41, 5.74) is -0.436. The topological polar surface area (TPSA) is 246 Å². The number of hydrogen-bond acceptors (Lipinski definition) is 23. The Hall–Kier alpha value is -5.33. The first-order chi connectivity index (χ1) is 56.0. The molecule has 117 heavy (non-hydrogen) atoms. The molecule has 0 atom stereocenters. The molecule has 0 radical (unpaired) electrons. The van der Waals surface area contributed by atoms with Gasteiger partial charge < -0.3 is 48.9 Å². The lowest BCUT2D eigenvalue weighted by molar-refractivity contribution is 0.142. The fourth-order valence-corrected chi connectivity index (χ4v) is 18.6. The Balaban J connectivity index is 0.000000208. The highest BCUT2D eigenvalue weighted by atomic mass is 36.0. The molecular formula is C82H95Cl9N4O15S5Si2. The molecule has 12 rings (SSSR count). The summed E-state index contributed by atoms with van der Waals surface area (Å²) in [5, 5.41) is 53.1. The third-order valence-corrected chi connectivity index (χ3v) is 23.6. The minimum absolute atomic E-state index is 0.000513. The fraction of sp³-hybridized carbons (Fsp3) is 0.366. The van der Waals surface area contributed by atoms with Gasteiger partial charge in [0.15, 0.2) is 21.7 Å². The summed E-state index contributed by atoms with van der Waals surface area (Å²) in [6.45, 7) is 22.1. The first kappa shape index (κ1) is 98.8. The van der Waals surface area contributed by atoms with Crippen LogP contribution in [0.4, 0.5) is 0 Å². The van der Waals surface area contributed by atoms with Gasteiger partial charge in [0, 0.05) is 176 Å². The number of hydrogen-bond donors (Lipinski definition) is 5. The van der Waals surface area contributed by atoms with Crippen LogP contribution in [0.15, 0.2) is 165 Å². The van der Waals surface area contributed by atoms with Gasteiger partial charge in [-0.25, -0.2) is 4.21 Å². The third-order valence-electron chi connectivity index (χ3n) is 17.0. The first-order valence-electron chi connectivity index (χ1n) is 37.1. The van der Waals surface area contributed by atoms with Crippen LogP contribution in [0.2, 0.25) is 39.3 Å². The van der Waals surface area contributed by atoms with E-state index in [1.165, 1.54) is 40.1 Å². The quantitative estimate of drug-likeness (QED) is 0.00827. The number of halogens is 9. The normalized spacial score (nSPS) is 11.6. The van der Waals surface area contributed by atoms with Gasteiger partial charge >= 0.3 is 0 Å². The van der Waals surface area contributed by atoms with Crippen molar-refractivity contribution in [2.45, 2.75) is 39.3 Å². The average molecular weight is 1910 g/mol. The molecular weight excluding hydrogens is 1820 g/mol. The molecule has 19 nitrogen and oxygen atoms in total. The number of ether oxygens (including phenoxy) is 4. The molecule has 0 aliphatic heterocycles. The monoisotopic (exact) mass is 1910 g/mol. The van der Waals surface area contributed by atoms with Gasteiger partial charge in [-0.05, 0) is 117 Å². The molecule has 0 saturated heterocycles. The Labute approximate surface area is 744 Å². The van der Waals surface area contributed by atoms with Crippen molar-refractivity contribution < 1.29 is 53.1 Å². The maximum Gasteiger partial charge on any atom is 0.242 e. The number of alkyl halides is 6. The van der Waals surface area contributed by atoms with Gasteiger partial charge in [-0.15, -0.1) is 115 Å². The summed E-state index contributed by atoms with van der Waals surface area (Å²) in [5.74, 6) is 6.18. The van der Waals surface area contributed by atoms with E-state index in [-0.39, 0.29) is 52.2 Å². The molecule has 0 aliphatic rings. The number of nitrogens with zero attached hydrogens (tertiary/aromatic N) is 4. The van der Waals surface area contributed by atoms with Crippen LogP contribution in [-0.2, 0) is 9.23 Å². The van der Waals surface area contributed by atoms with Crippen LogP contribution in [0.1, 0.15) is 0 Å². The second-order valence-electron chi connectivity index (χ2n) is 27.6. The van der Waals surface area contributed by atoms with Crippen LogP contribution in [-0.4, -0.2) is 219 Å². The average Bonchev–Trinajstić information content (AvgIpc) is 0.777. The number of aromatic hydroxyl groups is 3. The SMILES string of the molecule is C[Si](C)(C)Cl.C[Si](C)(C)Oc1ccc(OCCN(CCCl)CCCl)c2c(=O)c3ccccc3sc12.O=S(Cl)Cl.O=c1c2ccccc2sc2c(O)ccc(OCCN(CCCl)CCCl)c12.O=c1c2ccccc2sc2c(O)ccc(OCCN(CCCl)CCCl)c12.O=c1c2ccccc2sc2c(O)ccc(OCCN(CCO)CCO)c12. The lowest BCUT2D eigenvalue weighted by atomic mass is 10.1. The molecule has 5 N–H and O–H groups in total. The third kappa shape index (κ3) is 30.3. The molecule has 8 aromatic carbocycles.